The van der Waals surface area contributed by atoms with Crippen molar-refractivity contribution in [2.24, 2.45) is 0 Å². The average Bonchev–Trinajstić information content (AvgIpc) is 2.38. The molecule has 5 nitrogen and oxygen atoms in total. The van der Waals surface area contributed by atoms with Gasteiger partial charge in [-0.05, 0) is 26.0 Å². The maximum Gasteiger partial charge on any atom is 0.339 e. The van der Waals surface area contributed by atoms with Crippen molar-refractivity contribution < 1.29 is 19.1 Å². The van der Waals surface area contributed by atoms with Crippen LogP contribution in [0.3, 0.4) is 0 Å². The molecule has 98 valence electrons. The number of benzene rings is 1. The van der Waals surface area contributed by atoms with Crippen molar-refractivity contribution in [3.63, 3.8) is 0 Å². The molecule has 1 aromatic rings. The monoisotopic (exact) mass is 251 g/mol. The number of methoxy groups -OCH3 is 2. The molecule has 1 aromatic carbocycles. The van der Waals surface area contributed by atoms with Crippen LogP contribution in [-0.2, 0) is 14.3 Å². The van der Waals surface area contributed by atoms with Crippen molar-refractivity contribution in [2.45, 2.75) is 20.0 Å². The highest BCUT2D eigenvalue weighted by Crippen LogP contribution is 2.18. The Hall–Kier alpha value is -1.88. The van der Waals surface area contributed by atoms with Gasteiger partial charge in [0.1, 0.15) is 6.10 Å². The number of carbonyl (C=O) groups excluding carboxylic acids is 2. The van der Waals surface area contributed by atoms with E-state index < -0.39 is 12.1 Å². The van der Waals surface area contributed by atoms with Gasteiger partial charge in [-0.1, -0.05) is 11.6 Å². The Morgan fingerprint density at radius 3 is 2.50 bits per heavy atom. The fourth-order valence-corrected chi connectivity index (χ4v) is 1.39. The van der Waals surface area contributed by atoms with E-state index in [0.29, 0.717) is 11.3 Å². The van der Waals surface area contributed by atoms with Gasteiger partial charge < -0.3 is 14.8 Å². The first-order valence-electron chi connectivity index (χ1n) is 5.52. The zero-order chi connectivity index (χ0) is 13.7. The number of carbonyl (C=O) groups is 2. The minimum Gasteiger partial charge on any atom is -0.465 e. The molecule has 0 saturated carbocycles. The third-order valence-electron chi connectivity index (χ3n) is 2.56. The third-order valence-corrected chi connectivity index (χ3v) is 2.56. The highest BCUT2D eigenvalue weighted by atomic mass is 16.5. The molecule has 0 aliphatic rings. The average molecular weight is 251 g/mol. The molecule has 0 aromatic heterocycles. The van der Waals surface area contributed by atoms with E-state index in [4.69, 9.17) is 4.74 Å². The summed E-state index contributed by atoms with van der Waals surface area (Å²) in [5, 5.41) is 2.64. The molecule has 0 bridgehead atoms. The molecule has 0 heterocycles. The molecule has 1 unspecified atom stereocenters. The zero-order valence-corrected chi connectivity index (χ0v) is 10.9. The number of nitrogens with one attached hydrogen (secondary N) is 1. The van der Waals surface area contributed by atoms with Crippen LogP contribution in [0.5, 0.6) is 0 Å². The first kappa shape index (κ1) is 14.2. The van der Waals surface area contributed by atoms with Crippen LogP contribution >= 0.6 is 0 Å². The van der Waals surface area contributed by atoms with Crippen LogP contribution in [0, 0.1) is 6.92 Å². The molecule has 0 radical (unpaired) electrons. The zero-order valence-electron chi connectivity index (χ0n) is 10.9. The van der Waals surface area contributed by atoms with Gasteiger partial charge in [-0.2, -0.15) is 0 Å². The minimum atomic E-state index is -0.586. The maximum atomic E-state index is 11.7. The second kappa shape index (κ2) is 6.16. The lowest BCUT2D eigenvalue weighted by Gasteiger charge is -2.13. The molecule has 1 atom stereocenters. The number of anilines is 1. The molecule has 5 heteroatoms. The second-order valence-corrected chi connectivity index (χ2v) is 3.91. The van der Waals surface area contributed by atoms with Crippen LogP contribution in [0.4, 0.5) is 5.69 Å². The van der Waals surface area contributed by atoms with Crippen molar-refractivity contribution in [1.29, 1.82) is 0 Å². The third kappa shape index (κ3) is 3.30. The molecule has 0 fully saturated rings. The summed E-state index contributed by atoms with van der Waals surface area (Å²) >= 11 is 0. The van der Waals surface area contributed by atoms with Gasteiger partial charge in [-0.25, -0.2) is 4.79 Å². The molecular formula is C13H17NO4. The molecule has 18 heavy (non-hydrogen) atoms. The first-order chi connectivity index (χ1) is 8.49. The summed E-state index contributed by atoms with van der Waals surface area (Å²) in [5.74, 6) is -0.800. The summed E-state index contributed by atoms with van der Waals surface area (Å²) in [6, 6.07) is 5.14. The molecule has 0 spiro atoms. The molecule has 1 N–H and O–H groups in total. The van der Waals surface area contributed by atoms with Gasteiger partial charge in [0.15, 0.2) is 0 Å². The fraction of sp³-hybridized carbons (Fsp3) is 0.385. The molecule has 0 aliphatic carbocycles. The fourth-order valence-electron chi connectivity index (χ4n) is 1.39. The van der Waals surface area contributed by atoms with Gasteiger partial charge in [-0.15, -0.1) is 0 Å². The molecule has 0 aliphatic heterocycles. The van der Waals surface area contributed by atoms with E-state index in [1.54, 1.807) is 25.1 Å². The summed E-state index contributed by atoms with van der Waals surface area (Å²) in [5.41, 5.74) is 1.66. The lowest BCUT2D eigenvalue weighted by atomic mass is 10.1. The summed E-state index contributed by atoms with van der Waals surface area (Å²) in [6.45, 7) is 3.48. The van der Waals surface area contributed by atoms with E-state index in [1.165, 1.54) is 14.2 Å². The predicted molar refractivity (Wildman–Crippen MR) is 67.6 cm³/mol. The normalized spacial score (nSPS) is 11.8. The second-order valence-electron chi connectivity index (χ2n) is 3.91. The van der Waals surface area contributed by atoms with Gasteiger partial charge in [-0.3, -0.25) is 4.79 Å². The summed E-state index contributed by atoms with van der Waals surface area (Å²) < 4.78 is 9.59. The number of esters is 1. The van der Waals surface area contributed by atoms with E-state index >= 15 is 0 Å². The summed E-state index contributed by atoms with van der Waals surface area (Å²) in [4.78, 5) is 23.3. The van der Waals surface area contributed by atoms with Crippen LogP contribution < -0.4 is 5.32 Å². The van der Waals surface area contributed by atoms with Crippen molar-refractivity contribution >= 4 is 17.6 Å². The highest BCUT2D eigenvalue weighted by molar-refractivity contribution is 6.02. The van der Waals surface area contributed by atoms with Gasteiger partial charge in [0.25, 0.3) is 5.91 Å². The van der Waals surface area contributed by atoms with Crippen LogP contribution in [0.2, 0.25) is 0 Å². The van der Waals surface area contributed by atoms with Gasteiger partial charge >= 0.3 is 5.97 Å². The van der Waals surface area contributed by atoms with Crippen LogP contribution in [0.15, 0.2) is 18.2 Å². The van der Waals surface area contributed by atoms with E-state index in [0.717, 1.165) is 5.56 Å². The predicted octanol–water partition coefficient (Wildman–Crippen LogP) is 1.76. The summed E-state index contributed by atoms with van der Waals surface area (Å²) in [6.07, 6.45) is -0.586. The van der Waals surface area contributed by atoms with Crippen LogP contribution in [0.1, 0.15) is 22.8 Å². The Kier molecular flexibility index (Phi) is 4.85. The van der Waals surface area contributed by atoms with E-state index in [-0.39, 0.29) is 5.91 Å². The smallest absolute Gasteiger partial charge is 0.339 e. The summed E-state index contributed by atoms with van der Waals surface area (Å²) in [7, 11) is 2.74. The number of hydrogen-bond donors (Lipinski definition) is 1. The van der Waals surface area contributed by atoms with Crippen LogP contribution in [0.25, 0.3) is 0 Å². The lowest BCUT2D eigenvalue weighted by Crippen LogP contribution is -2.27. The highest BCUT2D eigenvalue weighted by Gasteiger charge is 2.17. The minimum absolute atomic E-state index is 0.313. The Labute approximate surface area is 106 Å². The van der Waals surface area contributed by atoms with E-state index in [2.05, 4.69) is 10.1 Å². The Morgan fingerprint density at radius 1 is 1.28 bits per heavy atom. The molecule has 1 amide bonds. The quantitative estimate of drug-likeness (QED) is 0.828. The number of rotatable bonds is 4. The maximum absolute atomic E-state index is 11.7. The number of amides is 1. The Bertz CT molecular complexity index is 456. The van der Waals surface area contributed by atoms with E-state index in [9.17, 15) is 9.59 Å². The van der Waals surface area contributed by atoms with Crippen molar-refractivity contribution in [1.82, 2.24) is 0 Å². The molecule has 0 saturated heterocycles. The van der Waals surface area contributed by atoms with Crippen molar-refractivity contribution in [3.05, 3.63) is 29.3 Å². The SMILES string of the molecule is COC(=O)c1cc(C)ccc1NC(=O)C(C)OC. The van der Waals surface area contributed by atoms with Gasteiger partial charge in [0.2, 0.25) is 0 Å². The number of hydrogen-bond acceptors (Lipinski definition) is 4. The lowest BCUT2D eigenvalue weighted by molar-refractivity contribution is -0.124. The number of aryl methyl sites for hydroxylation is 1. The molecular weight excluding hydrogens is 234 g/mol. The topological polar surface area (TPSA) is 64.6 Å². The standard InChI is InChI=1S/C13H17NO4/c1-8-5-6-11(10(7-8)13(16)18-4)14-12(15)9(2)17-3/h5-7,9H,1-4H3,(H,14,15). The number of ether oxygens (including phenoxy) is 2. The first-order valence-corrected chi connectivity index (χ1v) is 5.52. The van der Waals surface area contributed by atoms with Crippen molar-refractivity contribution in [3.8, 4) is 0 Å². The van der Waals surface area contributed by atoms with Crippen LogP contribution in [-0.4, -0.2) is 32.2 Å². The van der Waals surface area contributed by atoms with Gasteiger partial charge in [0.05, 0.1) is 18.4 Å². The molecule has 1 rings (SSSR count). The van der Waals surface area contributed by atoms with Crippen molar-refractivity contribution in [2.75, 3.05) is 19.5 Å². The Balaban J connectivity index is 3.01. The Morgan fingerprint density at radius 2 is 1.94 bits per heavy atom. The largest absolute Gasteiger partial charge is 0.465 e. The van der Waals surface area contributed by atoms with E-state index in [1.807, 2.05) is 6.92 Å². The van der Waals surface area contributed by atoms with Gasteiger partial charge in [0, 0.05) is 7.11 Å².